The average Bonchev–Trinajstić information content (AvgIpc) is 2.94. The Labute approximate surface area is 242 Å². The third-order valence-corrected chi connectivity index (χ3v) is 6.96. The van der Waals surface area contributed by atoms with Crippen LogP contribution in [0.3, 0.4) is 0 Å². The van der Waals surface area contributed by atoms with Crippen molar-refractivity contribution in [1.82, 2.24) is 0 Å². The summed E-state index contributed by atoms with van der Waals surface area (Å²) in [6.45, 7) is 0. The number of aliphatic hydroxyl groups is 2. The number of fused-ring (bicyclic) bond motifs is 2. The normalized spacial score (nSPS) is 20.5. The molecule has 0 unspecified atom stereocenters. The van der Waals surface area contributed by atoms with Crippen molar-refractivity contribution in [2.45, 2.75) is 30.8 Å². The van der Waals surface area contributed by atoms with Gasteiger partial charge in [0.25, 0.3) is 0 Å². The predicted octanol–water partition coefficient (Wildman–Crippen LogP) is 2.73. The minimum atomic E-state index is -1.60. The van der Waals surface area contributed by atoms with E-state index in [1.54, 1.807) is 0 Å². The summed E-state index contributed by atoms with van der Waals surface area (Å²) in [7, 11) is 0. The van der Waals surface area contributed by atoms with Crippen LogP contribution in [0.5, 0.6) is 57.5 Å². The third kappa shape index (κ3) is 5.54. The number of carbonyl (C=O) groups is 1. The molecule has 2 heterocycles. The van der Waals surface area contributed by atoms with Crippen molar-refractivity contribution in [2.24, 2.45) is 0 Å². The highest BCUT2D eigenvalue weighted by Gasteiger charge is 2.39. The molecule has 4 aromatic rings. The van der Waals surface area contributed by atoms with Gasteiger partial charge in [-0.05, 0) is 35.4 Å². The van der Waals surface area contributed by atoms with Gasteiger partial charge in [0.2, 0.25) is 5.78 Å². The smallest absolute Gasteiger partial charge is 0.202 e. The maximum Gasteiger partial charge on any atom is 0.202 e. The summed E-state index contributed by atoms with van der Waals surface area (Å²) < 4.78 is 11.1. The Kier molecular flexibility index (Phi) is 7.44. The van der Waals surface area contributed by atoms with Crippen LogP contribution in [-0.2, 0) is 6.42 Å². The van der Waals surface area contributed by atoms with Crippen LogP contribution in [0.25, 0.3) is 0 Å². The lowest BCUT2D eigenvalue weighted by Gasteiger charge is -2.31. The molecule has 13 heteroatoms. The van der Waals surface area contributed by atoms with E-state index >= 15 is 0 Å². The minimum absolute atomic E-state index is 0.0784. The zero-order valence-corrected chi connectivity index (χ0v) is 22.0. The molecule has 2 aliphatic heterocycles. The van der Waals surface area contributed by atoms with Gasteiger partial charge in [0, 0.05) is 36.2 Å². The lowest BCUT2D eigenvalue weighted by molar-refractivity contribution is 0.0197. The summed E-state index contributed by atoms with van der Waals surface area (Å²) in [6.07, 6.45) is -4.31. The topological polar surface area (TPSA) is 238 Å². The molecule has 0 aromatic heterocycles. The van der Waals surface area contributed by atoms with E-state index in [0.717, 1.165) is 18.2 Å². The molecule has 6 rings (SSSR count). The zero-order chi connectivity index (χ0) is 31.2. The molecule has 0 bridgehead atoms. The zero-order valence-electron chi connectivity index (χ0n) is 22.0. The van der Waals surface area contributed by atoms with Gasteiger partial charge >= 0.3 is 0 Å². The summed E-state index contributed by atoms with van der Waals surface area (Å²) in [5, 5.41) is 96.4. The Balaban J connectivity index is 0.000000171. The summed E-state index contributed by atoms with van der Waals surface area (Å²) in [6, 6.07) is 12.5. The molecule has 224 valence electrons. The first kappa shape index (κ1) is 29.0. The van der Waals surface area contributed by atoms with E-state index in [2.05, 4.69) is 0 Å². The standard InChI is InChI=1S/C15H12O7.C15H14O6/c16-7-4-10(19)12-11(5-7)22-15(14(21)13(12)20)6-1-2-8(17)9(18)3-6;16-8-4-11(18)9-6-13(20)15(21-14(9)5-8)7-1-2-10(17)12(19)3-7/h1-5,14-19,21H;1-5,13,15-20H,6H2/t14-,15+;13-,15+/m00/s1. The van der Waals surface area contributed by atoms with Gasteiger partial charge in [-0.15, -0.1) is 0 Å². The number of phenols is 8. The van der Waals surface area contributed by atoms with Crippen LogP contribution in [0.4, 0.5) is 0 Å². The van der Waals surface area contributed by atoms with Crippen LogP contribution in [0, 0.1) is 0 Å². The van der Waals surface area contributed by atoms with Gasteiger partial charge in [-0.2, -0.15) is 0 Å². The van der Waals surface area contributed by atoms with Crippen LogP contribution in [0.15, 0.2) is 60.7 Å². The van der Waals surface area contributed by atoms with Crippen molar-refractivity contribution >= 4 is 5.78 Å². The summed E-state index contributed by atoms with van der Waals surface area (Å²) in [4.78, 5) is 12.2. The Hall–Kier alpha value is -5.53. The van der Waals surface area contributed by atoms with Crippen molar-refractivity contribution in [3.63, 3.8) is 0 Å². The first-order chi connectivity index (χ1) is 20.3. The predicted molar refractivity (Wildman–Crippen MR) is 146 cm³/mol. The first-order valence-electron chi connectivity index (χ1n) is 12.7. The molecule has 2 aliphatic rings. The second-order valence-corrected chi connectivity index (χ2v) is 9.93. The Morgan fingerprint density at radius 1 is 0.558 bits per heavy atom. The monoisotopic (exact) mass is 594 g/mol. The lowest BCUT2D eigenvalue weighted by atomic mass is 9.92. The SMILES string of the molecule is O=C1c2c(O)cc(O)cc2O[C@H](c2ccc(O)c(O)c2)[C@H]1O.Oc1cc(O)c2c(c1)O[C@H](c1ccc(O)c(O)c1)[C@@H](O)C2. The molecule has 4 atom stereocenters. The molecule has 0 aliphatic carbocycles. The molecule has 43 heavy (non-hydrogen) atoms. The van der Waals surface area contributed by atoms with E-state index in [9.17, 15) is 55.9 Å². The van der Waals surface area contributed by atoms with Gasteiger partial charge in [0.1, 0.15) is 46.2 Å². The van der Waals surface area contributed by atoms with E-state index in [1.807, 2.05) is 0 Å². The Bertz CT molecular complexity index is 1720. The third-order valence-electron chi connectivity index (χ3n) is 6.96. The van der Waals surface area contributed by atoms with Gasteiger partial charge in [-0.1, -0.05) is 12.1 Å². The number of hydrogen-bond donors (Lipinski definition) is 10. The van der Waals surface area contributed by atoms with Crippen LogP contribution < -0.4 is 9.47 Å². The van der Waals surface area contributed by atoms with E-state index in [0.29, 0.717) is 11.1 Å². The number of benzene rings is 4. The number of phenolic OH excluding ortho intramolecular Hbond substituents is 8. The molecule has 0 amide bonds. The molecule has 13 nitrogen and oxygen atoms in total. The Morgan fingerprint density at radius 2 is 1.07 bits per heavy atom. The summed E-state index contributed by atoms with van der Waals surface area (Å²) in [5.41, 5.74) is 0.931. The number of aliphatic hydroxyl groups excluding tert-OH is 2. The molecule has 0 radical (unpaired) electrons. The lowest BCUT2D eigenvalue weighted by Crippen LogP contribution is -2.36. The van der Waals surface area contributed by atoms with Gasteiger partial charge in [-0.25, -0.2) is 0 Å². The highest BCUT2D eigenvalue weighted by Crippen LogP contribution is 2.44. The van der Waals surface area contributed by atoms with Crippen molar-refractivity contribution in [2.75, 3.05) is 0 Å². The van der Waals surface area contributed by atoms with Gasteiger partial charge in [0.05, 0.1) is 6.10 Å². The van der Waals surface area contributed by atoms with Crippen molar-refractivity contribution in [3.05, 3.63) is 82.9 Å². The number of ether oxygens (including phenoxy) is 2. The van der Waals surface area contributed by atoms with Crippen molar-refractivity contribution < 1.29 is 65.3 Å². The maximum atomic E-state index is 12.2. The van der Waals surface area contributed by atoms with E-state index in [-0.39, 0.29) is 63.5 Å². The van der Waals surface area contributed by atoms with Crippen LogP contribution in [-0.4, -0.2) is 69.1 Å². The molecular weight excluding hydrogens is 568 g/mol. The largest absolute Gasteiger partial charge is 0.508 e. The van der Waals surface area contributed by atoms with Crippen LogP contribution in [0.1, 0.15) is 39.3 Å². The van der Waals surface area contributed by atoms with E-state index in [1.165, 1.54) is 42.5 Å². The second kappa shape index (κ2) is 11.0. The van der Waals surface area contributed by atoms with Crippen LogP contribution in [0.2, 0.25) is 0 Å². The summed E-state index contributed by atoms with van der Waals surface area (Å²) >= 11 is 0. The number of hydrogen-bond acceptors (Lipinski definition) is 13. The molecule has 0 saturated carbocycles. The van der Waals surface area contributed by atoms with Gasteiger partial charge in [-0.3, -0.25) is 4.79 Å². The van der Waals surface area contributed by atoms with Crippen LogP contribution >= 0.6 is 0 Å². The fourth-order valence-corrected chi connectivity index (χ4v) is 4.85. The molecule has 10 N–H and O–H groups in total. The molecular formula is C30H26O13. The maximum absolute atomic E-state index is 12.2. The minimum Gasteiger partial charge on any atom is -0.508 e. The van der Waals surface area contributed by atoms with E-state index in [4.69, 9.17) is 9.47 Å². The fourth-order valence-electron chi connectivity index (χ4n) is 4.85. The van der Waals surface area contributed by atoms with Crippen molar-refractivity contribution in [3.8, 4) is 57.5 Å². The van der Waals surface area contributed by atoms with Gasteiger partial charge < -0.3 is 60.5 Å². The highest BCUT2D eigenvalue weighted by atomic mass is 16.5. The molecule has 0 saturated heterocycles. The van der Waals surface area contributed by atoms with Crippen molar-refractivity contribution in [1.29, 1.82) is 0 Å². The number of carbonyl (C=O) groups excluding carboxylic acids is 1. The average molecular weight is 595 g/mol. The van der Waals surface area contributed by atoms with E-state index < -0.39 is 41.7 Å². The highest BCUT2D eigenvalue weighted by molar-refractivity contribution is 6.05. The number of Topliss-reactive ketones (excluding diaryl/α,β-unsaturated/α-hetero) is 1. The quantitative estimate of drug-likeness (QED) is 0.150. The summed E-state index contributed by atoms with van der Waals surface area (Å²) in [5.74, 6) is -3.00. The number of ketones is 1. The Morgan fingerprint density at radius 3 is 1.65 bits per heavy atom. The number of rotatable bonds is 2. The molecule has 0 spiro atoms. The molecule has 4 aromatic carbocycles. The molecule has 0 fully saturated rings. The second-order valence-electron chi connectivity index (χ2n) is 9.93. The number of aromatic hydroxyl groups is 8. The van der Waals surface area contributed by atoms with Gasteiger partial charge in [0.15, 0.2) is 35.2 Å². The first-order valence-corrected chi connectivity index (χ1v) is 12.7. The fraction of sp³-hybridized carbons (Fsp3) is 0.167.